The summed E-state index contributed by atoms with van der Waals surface area (Å²) >= 11 is 0. The van der Waals surface area contributed by atoms with Crippen molar-refractivity contribution in [3.05, 3.63) is 59.4 Å². The molecule has 0 saturated heterocycles. The van der Waals surface area contributed by atoms with Crippen LogP contribution in [-0.2, 0) is 13.1 Å². The number of benzene rings is 1. The first kappa shape index (κ1) is 9.99. The van der Waals surface area contributed by atoms with Gasteiger partial charge in [0.2, 0.25) is 0 Å². The van der Waals surface area contributed by atoms with Gasteiger partial charge >= 0.3 is 0 Å². The fourth-order valence-corrected chi connectivity index (χ4v) is 1.79. The third-order valence-corrected chi connectivity index (χ3v) is 2.68. The van der Waals surface area contributed by atoms with E-state index < -0.39 is 0 Å². The summed E-state index contributed by atoms with van der Waals surface area (Å²) in [6.45, 7) is 3.62. The summed E-state index contributed by atoms with van der Waals surface area (Å²) in [6.07, 6.45) is 0. The summed E-state index contributed by atoms with van der Waals surface area (Å²) < 4.78 is 2.26. The van der Waals surface area contributed by atoms with Crippen LogP contribution in [0.4, 0.5) is 0 Å². The first-order valence-corrected chi connectivity index (χ1v) is 5.20. The Kier molecular flexibility index (Phi) is 2.88. The van der Waals surface area contributed by atoms with Crippen molar-refractivity contribution in [2.75, 3.05) is 0 Å². The Morgan fingerprint density at radius 2 is 1.80 bits per heavy atom. The molecule has 0 aliphatic heterocycles. The summed E-state index contributed by atoms with van der Waals surface area (Å²) in [4.78, 5) is 0. The second kappa shape index (κ2) is 4.32. The number of rotatable bonds is 3. The van der Waals surface area contributed by atoms with E-state index in [1.165, 1.54) is 17.0 Å². The van der Waals surface area contributed by atoms with E-state index in [1.807, 2.05) is 6.07 Å². The summed E-state index contributed by atoms with van der Waals surface area (Å²) in [5.41, 5.74) is 9.46. The summed E-state index contributed by atoms with van der Waals surface area (Å²) in [6, 6.07) is 14.7. The van der Waals surface area contributed by atoms with Crippen LogP contribution in [0.15, 0.2) is 42.5 Å². The molecule has 0 atom stereocenters. The molecule has 0 spiro atoms. The number of aromatic nitrogens is 1. The second-order valence-electron chi connectivity index (χ2n) is 3.74. The largest absolute Gasteiger partial charge is 0.343 e. The molecule has 1 heterocycles. The zero-order valence-corrected chi connectivity index (χ0v) is 8.98. The number of nitrogens with zero attached hydrogens (tertiary/aromatic N) is 1. The predicted molar refractivity (Wildman–Crippen MR) is 62.6 cm³/mol. The Morgan fingerprint density at radius 3 is 2.47 bits per heavy atom. The molecule has 0 saturated carbocycles. The Hall–Kier alpha value is -1.54. The summed E-state index contributed by atoms with van der Waals surface area (Å²) in [7, 11) is 0. The van der Waals surface area contributed by atoms with Crippen molar-refractivity contribution in [1.82, 2.24) is 4.57 Å². The van der Waals surface area contributed by atoms with E-state index in [9.17, 15) is 0 Å². The molecule has 0 bridgehead atoms. The lowest BCUT2D eigenvalue weighted by atomic mass is 10.2. The van der Waals surface area contributed by atoms with Gasteiger partial charge in [-0.15, -0.1) is 0 Å². The average molecular weight is 200 g/mol. The zero-order valence-electron chi connectivity index (χ0n) is 8.98. The van der Waals surface area contributed by atoms with Gasteiger partial charge in [-0.25, -0.2) is 0 Å². The van der Waals surface area contributed by atoms with Crippen LogP contribution >= 0.6 is 0 Å². The lowest BCUT2D eigenvalue weighted by molar-refractivity contribution is 0.721. The minimum Gasteiger partial charge on any atom is -0.343 e. The quantitative estimate of drug-likeness (QED) is 0.809. The van der Waals surface area contributed by atoms with Gasteiger partial charge in [0.15, 0.2) is 0 Å². The fraction of sp³-hybridized carbons (Fsp3) is 0.231. The molecule has 0 amide bonds. The van der Waals surface area contributed by atoms with Crippen molar-refractivity contribution in [3.8, 4) is 0 Å². The molecule has 0 radical (unpaired) electrons. The maximum atomic E-state index is 5.70. The van der Waals surface area contributed by atoms with Crippen molar-refractivity contribution in [3.63, 3.8) is 0 Å². The number of hydrogen-bond acceptors (Lipinski definition) is 1. The average Bonchev–Trinajstić information content (AvgIpc) is 2.62. The van der Waals surface area contributed by atoms with E-state index in [0.29, 0.717) is 6.54 Å². The van der Waals surface area contributed by atoms with Crippen LogP contribution in [0.1, 0.15) is 17.0 Å². The molecule has 1 aromatic heterocycles. The number of nitrogens with two attached hydrogens (primary N) is 1. The highest BCUT2D eigenvalue weighted by atomic mass is 15.0. The second-order valence-corrected chi connectivity index (χ2v) is 3.74. The van der Waals surface area contributed by atoms with Gasteiger partial charge in [0.05, 0.1) is 0 Å². The van der Waals surface area contributed by atoms with Gasteiger partial charge in [0, 0.05) is 24.5 Å². The van der Waals surface area contributed by atoms with Crippen molar-refractivity contribution < 1.29 is 0 Å². The van der Waals surface area contributed by atoms with E-state index in [4.69, 9.17) is 5.73 Å². The smallest absolute Gasteiger partial charge is 0.0475 e. The van der Waals surface area contributed by atoms with Crippen molar-refractivity contribution >= 4 is 0 Å². The fourth-order valence-electron chi connectivity index (χ4n) is 1.79. The molecule has 0 aliphatic rings. The van der Waals surface area contributed by atoms with Gasteiger partial charge in [-0.3, -0.25) is 0 Å². The predicted octanol–water partition coefficient (Wildman–Crippen LogP) is 2.30. The van der Waals surface area contributed by atoms with Crippen LogP contribution in [0, 0.1) is 6.92 Å². The molecular weight excluding hydrogens is 184 g/mol. The Morgan fingerprint density at radius 1 is 1.07 bits per heavy atom. The molecule has 2 heteroatoms. The van der Waals surface area contributed by atoms with Gasteiger partial charge < -0.3 is 10.3 Å². The van der Waals surface area contributed by atoms with E-state index in [-0.39, 0.29) is 0 Å². The van der Waals surface area contributed by atoms with Gasteiger partial charge in [0.1, 0.15) is 0 Å². The van der Waals surface area contributed by atoms with Crippen LogP contribution in [0.3, 0.4) is 0 Å². The lowest BCUT2D eigenvalue weighted by Crippen LogP contribution is -2.09. The molecule has 0 aliphatic carbocycles. The Labute approximate surface area is 90.3 Å². The van der Waals surface area contributed by atoms with Crippen molar-refractivity contribution in [2.45, 2.75) is 20.0 Å². The van der Waals surface area contributed by atoms with Gasteiger partial charge in [-0.1, -0.05) is 30.3 Å². The molecule has 0 fully saturated rings. The van der Waals surface area contributed by atoms with Crippen molar-refractivity contribution in [2.24, 2.45) is 5.73 Å². The maximum Gasteiger partial charge on any atom is 0.0475 e. The van der Waals surface area contributed by atoms with Gasteiger partial charge in [-0.05, 0) is 24.6 Å². The van der Waals surface area contributed by atoms with Crippen LogP contribution in [0.25, 0.3) is 0 Å². The topological polar surface area (TPSA) is 30.9 Å². The van der Waals surface area contributed by atoms with Crippen LogP contribution in [0.2, 0.25) is 0 Å². The zero-order chi connectivity index (χ0) is 10.7. The molecule has 2 aromatic rings. The highest BCUT2D eigenvalue weighted by molar-refractivity contribution is 5.20. The molecule has 78 valence electrons. The number of hydrogen-bond donors (Lipinski definition) is 1. The van der Waals surface area contributed by atoms with Crippen LogP contribution < -0.4 is 5.73 Å². The summed E-state index contributed by atoms with van der Waals surface area (Å²) in [5.74, 6) is 0. The molecule has 2 nitrogen and oxygen atoms in total. The SMILES string of the molecule is Cc1ccc(CN)n1Cc1ccccc1. The molecule has 15 heavy (non-hydrogen) atoms. The Bertz CT molecular complexity index is 429. The third kappa shape index (κ3) is 2.10. The van der Waals surface area contributed by atoms with E-state index in [0.717, 1.165) is 6.54 Å². The standard InChI is InChI=1S/C13H16N2/c1-11-7-8-13(9-14)15(11)10-12-5-3-2-4-6-12/h2-8H,9-10,14H2,1H3. The van der Waals surface area contributed by atoms with E-state index >= 15 is 0 Å². The minimum absolute atomic E-state index is 0.598. The monoisotopic (exact) mass is 200 g/mol. The Balaban J connectivity index is 2.27. The molecule has 2 N–H and O–H groups in total. The molecule has 2 rings (SSSR count). The first-order valence-electron chi connectivity index (χ1n) is 5.20. The van der Waals surface area contributed by atoms with Gasteiger partial charge in [0.25, 0.3) is 0 Å². The molecular formula is C13H16N2. The molecule has 0 unspecified atom stereocenters. The first-order chi connectivity index (χ1) is 7.31. The van der Waals surface area contributed by atoms with E-state index in [1.54, 1.807) is 0 Å². The lowest BCUT2D eigenvalue weighted by Gasteiger charge is -2.10. The third-order valence-electron chi connectivity index (χ3n) is 2.68. The number of aryl methyl sites for hydroxylation is 1. The van der Waals surface area contributed by atoms with Crippen molar-refractivity contribution in [1.29, 1.82) is 0 Å². The summed E-state index contributed by atoms with van der Waals surface area (Å²) in [5, 5.41) is 0. The molecule has 1 aromatic carbocycles. The van der Waals surface area contributed by atoms with Crippen LogP contribution in [0.5, 0.6) is 0 Å². The van der Waals surface area contributed by atoms with Crippen LogP contribution in [-0.4, -0.2) is 4.57 Å². The van der Waals surface area contributed by atoms with E-state index in [2.05, 4.69) is 47.9 Å². The maximum absolute atomic E-state index is 5.70. The van der Waals surface area contributed by atoms with Gasteiger partial charge in [-0.2, -0.15) is 0 Å². The highest BCUT2D eigenvalue weighted by Crippen LogP contribution is 2.11. The normalized spacial score (nSPS) is 10.5. The minimum atomic E-state index is 0.598. The highest BCUT2D eigenvalue weighted by Gasteiger charge is 2.03.